The molecule has 31 heavy (non-hydrogen) atoms. The van der Waals surface area contributed by atoms with Crippen LogP contribution in [-0.4, -0.2) is 50.1 Å². The van der Waals surface area contributed by atoms with Gasteiger partial charge in [-0.1, -0.05) is 37.3 Å². The molecular formula is C21H25N3O6S. The van der Waals surface area contributed by atoms with Crippen molar-refractivity contribution in [3.8, 4) is 0 Å². The van der Waals surface area contributed by atoms with Crippen LogP contribution in [0.4, 0.5) is 0 Å². The van der Waals surface area contributed by atoms with Gasteiger partial charge in [-0.2, -0.15) is 0 Å². The maximum atomic E-state index is 12.2. The Bertz CT molecular complexity index is 992. The topological polar surface area (TPSA) is 132 Å². The lowest BCUT2D eigenvalue weighted by Gasteiger charge is -2.08. The molecule has 0 bridgehead atoms. The van der Waals surface area contributed by atoms with Gasteiger partial charge in [0.25, 0.3) is 11.8 Å². The summed E-state index contributed by atoms with van der Waals surface area (Å²) in [6.07, 6.45) is 2.71. The average Bonchev–Trinajstić information content (AvgIpc) is 2.76. The van der Waals surface area contributed by atoms with E-state index in [4.69, 9.17) is 4.74 Å². The first-order valence-electron chi connectivity index (χ1n) is 9.79. The molecular weight excluding hydrogens is 422 g/mol. The van der Waals surface area contributed by atoms with E-state index in [0.717, 1.165) is 11.8 Å². The number of amides is 2. The van der Waals surface area contributed by atoms with Crippen LogP contribution in [0.5, 0.6) is 0 Å². The van der Waals surface area contributed by atoms with Crippen molar-refractivity contribution in [1.29, 1.82) is 0 Å². The SMILES string of the molecule is CCCOC(=O)CNC(=O)c1ccc(C(=O)NS(=O)(=O)CCCc2ccccc2)cn1. The lowest BCUT2D eigenvalue weighted by atomic mass is 10.1. The Labute approximate surface area is 181 Å². The summed E-state index contributed by atoms with van der Waals surface area (Å²) in [5.41, 5.74) is 0.983. The zero-order valence-corrected chi connectivity index (χ0v) is 18.0. The van der Waals surface area contributed by atoms with Gasteiger partial charge < -0.3 is 10.1 Å². The first kappa shape index (κ1) is 24.0. The summed E-state index contributed by atoms with van der Waals surface area (Å²) in [5, 5.41) is 2.36. The molecule has 1 heterocycles. The number of esters is 1. The quantitative estimate of drug-likeness (QED) is 0.499. The first-order valence-corrected chi connectivity index (χ1v) is 11.4. The molecule has 10 heteroatoms. The molecule has 0 radical (unpaired) electrons. The predicted molar refractivity (Wildman–Crippen MR) is 114 cm³/mol. The highest BCUT2D eigenvalue weighted by Gasteiger charge is 2.17. The smallest absolute Gasteiger partial charge is 0.325 e. The summed E-state index contributed by atoms with van der Waals surface area (Å²) in [4.78, 5) is 39.4. The minimum atomic E-state index is -3.81. The van der Waals surface area contributed by atoms with Gasteiger partial charge in [-0.15, -0.1) is 0 Å². The highest BCUT2D eigenvalue weighted by Crippen LogP contribution is 2.05. The number of benzene rings is 1. The Balaban J connectivity index is 1.83. The number of aryl methyl sites for hydroxylation is 1. The molecule has 2 rings (SSSR count). The molecule has 9 nitrogen and oxygen atoms in total. The number of carbonyl (C=O) groups is 3. The van der Waals surface area contributed by atoms with Crippen molar-refractivity contribution in [3.05, 3.63) is 65.5 Å². The molecule has 166 valence electrons. The van der Waals surface area contributed by atoms with Gasteiger partial charge in [-0.05, 0) is 37.0 Å². The van der Waals surface area contributed by atoms with E-state index in [9.17, 15) is 22.8 Å². The van der Waals surface area contributed by atoms with E-state index in [2.05, 4.69) is 10.3 Å². The van der Waals surface area contributed by atoms with Crippen LogP contribution in [-0.2, 0) is 26.0 Å². The fraction of sp³-hybridized carbons (Fsp3) is 0.333. The number of nitrogens with one attached hydrogen (secondary N) is 2. The van der Waals surface area contributed by atoms with Gasteiger partial charge in [0.1, 0.15) is 12.2 Å². The summed E-state index contributed by atoms with van der Waals surface area (Å²) >= 11 is 0. The third-order valence-corrected chi connectivity index (χ3v) is 5.41. The van der Waals surface area contributed by atoms with E-state index in [-0.39, 0.29) is 30.2 Å². The van der Waals surface area contributed by atoms with Crippen LogP contribution in [0.2, 0.25) is 0 Å². The van der Waals surface area contributed by atoms with Crippen molar-refractivity contribution in [2.75, 3.05) is 18.9 Å². The largest absolute Gasteiger partial charge is 0.464 e. The Morgan fingerprint density at radius 3 is 2.42 bits per heavy atom. The normalized spacial score (nSPS) is 10.9. The summed E-state index contributed by atoms with van der Waals surface area (Å²) in [7, 11) is -3.81. The molecule has 1 aromatic heterocycles. The van der Waals surface area contributed by atoms with Gasteiger partial charge >= 0.3 is 5.97 Å². The highest BCUT2D eigenvalue weighted by molar-refractivity contribution is 7.90. The number of sulfonamides is 1. The Kier molecular flexibility index (Phi) is 9.13. The minimum Gasteiger partial charge on any atom is -0.464 e. The van der Waals surface area contributed by atoms with Crippen LogP contribution in [0, 0.1) is 0 Å². The molecule has 0 aliphatic carbocycles. The summed E-state index contributed by atoms with van der Waals surface area (Å²) < 4.78 is 31.1. The fourth-order valence-corrected chi connectivity index (χ4v) is 3.56. The molecule has 0 fully saturated rings. The summed E-state index contributed by atoms with van der Waals surface area (Å²) in [6, 6.07) is 12.0. The lowest BCUT2D eigenvalue weighted by molar-refractivity contribution is -0.142. The Morgan fingerprint density at radius 1 is 1.03 bits per heavy atom. The van der Waals surface area contributed by atoms with Crippen LogP contribution < -0.4 is 10.0 Å². The summed E-state index contributed by atoms with van der Waals surface area (Å²) in [5.74, 6) is -2.21. The summed E-state index contributed by atoms with van der Waals surface area (Å²) in [6.45, 7) is 1.82. The van der Waals surface area contributed by atoms with E-state index < -0.39 is 27.8 Å². The minimum absolute atomic E-state index is 0.00876. The number of carbonyl (C=O) groups excluding carboxylic acids is 3. The maximum Gasteiger partial charge on any atom is 0.325 e. The van der Waals surface area contributed by atoms with Crippen molar-refractivity contribution >= 4 is 27.8 Å². The van der Waals surface area contributed by atoms with E-state index in [0.29, 0.717) is 19.3 Å². The number of hydrogen-bond donors (Lipinski definition) is 2. The van der Waals surface area contributed by atoms with E-state index in [1.165, 1.54) is 12.1 Å². The number of pyridine rings is 1. The second-order valence-corrected chi connectivity index (χ2v) is 8.52. The van der Waals surface area contributed by atoms with Gasteiger partial charge in [-0.25, -0.2) is 13.1 Å². The Morgan fingerprint density at radius 2 is 1.77 bits per heavy atom. The average molecular weight is 448 g/mol. The Hall–Kier alpha value is -3.27. The molecule has 2 aromatic rings. The van der Waals surface area contributed by atoms with E-state index >= 15 is 0 Å². The second kappa shape index (κ2) is 11.8. The molecule has 2 N–H and O–H groups in total. The van der Waals surface area contributed by atoms with Crippen molar-refractivity contribution < 1.29 is 27.5 Å². The van der Waals surface area contributed by atoms with Crippen molar-refractivity contribution in [2.45, 2.75) is 26.2 Å². The molecule has 0 atom stereocenters. The van der Waals surface area contributed by atoms with Gasteiger partial charge in [0.05, 0.1) is 17.9 Å². The third-order valence-electron chi connectivity index (χ3n) is 4.09. The second-order valence-electron chi connectivity index (χ2n) is 6.67. The highest BCUT2D eigenvalue weighted by atomic mass is 32.2. The number of ether oxygens (including phenoxy) is 1. The number of nitrogens with zero attached hydrogens (tertiary/aromatic N) is 1. The number of rotatable bonds is 11. The molecule has 0 aliphatic heterocycles. The van der Waals surface area contributed by atoms with E-state index in [1.807, 2.05) is 42.0 Å². The zero-order valence-electron chi connectivity index (χ0n) is 17.2. The maximum absolute atomic E-state index is 12.2. The van der Waals surface area contributed by atoms with Crippen LogP contribution in [0.1, 0.15) is 46.2 Å². The number of hydrogen-bond acceptors (Lipinski definition) is 7. The van der Waals surface area contributed by atoms with E-state index in [1.54, 1.807) is 0 Å². The van der Waals surface area contributed by atoms with Crippen molar-refractivity contribution in [1.82, 2.24) is 15.0 Å². The molecule has 0 spiro atoms. The van der Waals surface area contributed by atoms with Crippen molar-refractivity contribution in [3.63, 3.8) is 0 Å². The molecule has 0 unspecified atom stereocenters. The molecule has 2 amide bonds. The van der Waals surface area contributed by atoms with Crippen molar-refractivity contribution in [2.24, 2.45) is 0 Å². The van der Waals surface area contributed by atoms with Crippen LogP contribution in [0.3, 0.4) is 0 Å². The molecule has 0 aliphatic rings. The number of aromatic nitrogens is 1. The monoisotopic (exact) mass is 447 g/mol. The molecule has 0 saturated heterocycles. The first-order chi connectivity index (χ1) is 14.8. The predicted octanol–water partition coefficient (Wildman–Crippen LogP) is 1.46. The van der Waals surface area contributed by atoms with Gasteiger partial charge in [0, 0.05) is 6.20 Å². The standard InChI is InChI=1S/C21H25N3O6S/c1-2-12-30-19(25)15-23-21(27)18-11-10-17(14-22-18)20(26)24-31(28,29)13-6-9-16-7-4-3-5-8-16/h3-5,7-8,10-11,14H,2,6,9,12-13,15H2,1H3,(H,23,27)(H,24,26). The van der Waals surface area contributed by atoms with Gasteiger partial charge in [0.15, 0.2) is 0 Å². The zero-order chi connectivity index (χ0) is 22.7. The lowest BCUT2D eigenvalue weighted by Crippen LogP contribution is -2.33. The van der Waals surface area contributed by atoms with Gasteiger partial charge in [0.2, 0.25) is 10.0 Å². The van der Waals surface area contributed by atoms with Gasteiger partial charge in [-0.3, -0.25) is 19.4 Å². The molecule has 1 aromatic carbocycles. The van der Waals surface area contributed by atoms with Crippen LogP contribution >= 0.6 is 0 Å². The molecule has 0 saturated carbocycles. The van der Waals surface area contributed by atoms with Crippen LogP contribution in [0.15, 0.2) is 48.7 Å². The third kappa shape index (κ3) is 8.55. The fourth-order valence-electron chi connectivity index (χ4n) is 2.53. The van der Waals surface area contributed by atoms with Crippen LogP contribution in [0.25, 0.3) is 0 Å².